The van der Waals surface area contributed by atoms with Crippen LogP contribution in [0, 0.1) is 0 Å². The minimum absolute atomic E-state index is 0.616. The molecule has 4 nitrogen and oxygen atoms in total. The van der Waals surface area contributed by atoms with E-state index in [1.165, 1.54) is 6.33 Å². The van der Waals surface area contributed by atoms with Gasteiger partial charge in [0.15, 0.2) is 0 Å². The maximum Gasteiger partial charge on any atom is 0.226 e. The van der Waals surface area contributed by atoms with Crippen molar-refractivity contribution in [3.8, 4) is 0 Å². The van der Waals surface area contributed by atoms with Gasteiger partial charge in [-0.25, -0.2) is 4.98 Å². The van der Waals surface area contributed by atoms with Gasteiger partial charge in [0.25, 0.3) is 0 Å². The molecular weight excluding hydrogens is 134 g/mol. The molecule has 0 amide bonds. The van der Waals surface area contributed by atoms with Gasteiger partial charge in [-0.2, -0.15) is 5.10 Å². The lowest BCUT2D eigenvalue weighted by molar-refractivity contribution is 0.547. The van der Waals surface area contributed by atoms with Crippen LogP contribution >= 0.6 is 0 Å². The predicted molar refractivity (Wildman–Crippen MR) is 33.9 cm³/mol. The minimum atomic E-state index is -1.20. The molecule has 1 aromatic heterocycles. The van der Waals surface area contributed by atoms with Crippen LogP contribution in [0.25, 0.3) is 0 Å². The molecule has 1 rings (SSSR count). The first kappa shape index (κ1) is 6.44. The van der Waals surface area contributed by atoms with E-state index in [1.807, 2.05) is 6.55 Å². The molecule has 0 atom stereocenters. The van der Waals surface area contributed by atoms with Crippen molar-refractivity contribution >= 4 is 9.04 Å². The smallest absolute Gasteiger partial charge is 0.226 e. The van der Waals surface area contributed by atoms with E-state index in [0.29, 0.717) is 6.17 Å². The van der Waals surface area contributed by atoms with E-state index in [4.69, 9.17) is 4.80 Å². The summed E-state index contributed by atoms with van der Waals surface area (Å²) in [4.78, 5) is 12.7. The van der Waals surface area contributed by atoms with Gasteiger partial charge in [-0.3, -0.25) is 4.68 Å². The second kappa shape index (κ2) is 2.74. The van der Waals surface area contributed by atoms with Gasteiger partial charge in [0, 0.05) is 0 Å². The topological polar surface area (TPSA) is 50.9 Å². The second-order valence-corrected chi connectivity index (χ2v) is 3.62. The summed E-state index contributed by atoms with van der Waals surface area (Å²) in [5.74, 6) is 0. The lowest BCUT2D eigenvalue weighted by Gasteiger charge is -1.97. The summed E-state index contributed by atoms with van der Waals surface area (Å²) in [6.45, 7) is 1.81. The fourth-order valence-corrected chi connectivity index (χ4v) is 1.18. The molecule has 0 unspecified atom stereocenters. The average Bonchev–Trinajstić information content (AvgIpc) is 2.15. The second-order valence-electron chi connectivity index (χ2n) is 1.83. The van der Waals surface area contributed by atoms with Gasteiger partial charge in [0.1, 0.15) is 12.7 Å². The fraction of sp³-hybridized carbons (Fsp3) is 0.500. The zero-order chi connectivity index (χ0) is 6.69. The third-order valence-corrected chi connectivity index (χ3v) is 1.64. The van der Waals surface area contributed by atoms with Gasteiger partial charge in [0.05, 0.1) is 6.17 Å². The highest BCUT2D eigenvalue weighted by Crippen LogP contribution is 1.82. The first-order chi connectivity index (χ1) is 4.29. The molecule has 1 radical (unpaired) electrons. The first-order valence-corrected chi connectivity index (χ1v) is 4.78. The Hall–Kier alpha value is -0.683. The lowest BCUT2D eigenvalue weighted by atomic mass is 11.2. The maximum absolute atomic E-state index is 8.94. The van der Waals surface area contributed by atoms with Crippen LogP contribution in [0.1, 0.15) is 0 Å². The molecule has 0 spiro atoms. The summed E-state index contributed by atoms with van der Waals surface area (Å²) in [6.07, 6.45) is 3.68. The van der Waals surface area contributed by atoms with Gasteiger partial charge < -0.3 is 4.80 Å². The van der Waals surface area contributed by atoms with Gasteiger partial charge in [-0.05, 0) is 6.55 Å². The Kier molecular flexibility index (Phi) is 1.96. The van der Waals surface area contributed by atoms with Crippen molar-refractivity contribution in [2.45, 2.75) is 12.7 Å². The maximum atomic E-state index is 8.94. The van der Waals surface area contributed by atoms with Gasteiger partial charge in [-0.15, -0.1) is 0 Å². The Morgan fingerprint density at radius 1 is 1.78 bits per heavy atom. The fourth-order valence-electron chi connectivity index (χ4n) is 0.549. The third kappa shape index (κ3) is 1.94. The molecule has 0 saturated heterocycles. The van der Waals surface area contributed by atoms with E-state index in [-0.39, 0.29) is 0 Å². The van der Waals surface area contributed by atoms with E-state index in [1.54, 1.807) is 11.0 Å². The zero-order valence-corrected chi connectivity index (χ0v) is 6.15. The average molecular weight is 142 g/mol. The SMILES string of the molecule is C[Si](O)Cn1cncn1. The molecule has 0 saturated carbocycles. The normalized spacial score (nSPS) is 10.6. The summed E-state index contributed by atoms with van der Waals surface area (Å²) in [7, 11) is -1.20. The van der Waals surface area contributed by atoms with Crippen LogP contribution in [-0.4, -0.2) is 28.6 Å². The van der Waals surface area contributed by atoms with E-state index < -0.39 is 9.04 Å². The number of nitrogens with zero attached hydrogens (tertiary/aromatic N) is 3. The van der Waals surface area contributed by atoms with Crippen LogP contribution in [0.4, 0.5) is 0 Å². The molecule has 0 aliphatic carbocycles. The molecule has 0 fully saturated rings. The van der Waals surface area contributed by atoms with Crippen LogP contribution in [0.3, 0.4) is 0 Å². The van der Waals surface area contributed by atoms with Crippen LogP contribution in [0.2, 0.25) is 6.55 Å². The predicted octanol–water partition coefficient (Wildman–Crippen LogP) is -0.569. The quantitative estimate of drug-likeness (QED) is 0.563. The molecule has 1 N–H and O–H groups in total. The van der Waals surface area contributed by atoms with Crippen molar-refractivity contribution in [1.82, 2.24) is 14.8 Å². The molecule has 49 valence electrons. The Balaban J connectivity index is 2.48. The van der Waals surface area contributed by atoms with Crippen LogP contribution in [0.15, 0.2) is 12.7 Å². The Labute approximate surface area is 54.9 Å². The lowest BCUT2D eigenvalue weighted by Crippen LogP contribution is -2.16. The monoisotopic (exact) mass is 142 g/mol. The minimum Gasteiger partial charge on any atom is -0.430 e. The zero-order valence-electron chi connectivity index (χ0n) is 5.15. The summed E-state index contributed by atoms with van der Waals surface area (Å²) in [6, 6.07) is 0. The van der Waals surface area contributed by atoms with E-state index in [2.05, 4.69) is 10.1 Å². The van der Waals surface area contributed by atoms with Crippen LogP contribution in [-0.2, 0) is 6.17 Å². The Morgan fingerprint density at radius 3 is 3.00 bits per heavy atom. The molecule has 1 aromatic rings. The molecule has 1 heterocycles. The van der Waals surface area contributed by atoms with Gasteiger partial charge in [0.2, 0.25) is 9.04 Å². The third-order valence-electron chi connectivity index (χ3n) is 0.857. The summed E-state index contributed by atoms with van der Waals surface area (Å²) >= 11 is 0. The number of aromatic nitrogens is 3. The highest BCUT2D eigenvalue weighted by Gasteiger charge is 1.99. The Bertz CT molecular complexity index is 162. The summed E-state index contributed by atoms with van der Waals surface area (Å²) in [5.41, 5.74) is 0. The van der Waals surface area contributed by atoms with Crippen LogP contribution < -0.4 is 0 Å². The van der Waals surface area contributed by atoms with E-state index in [9.17, 15) is 0 Å². The number of rotatable bonds is 2. The van der Waals surface area contributed by atoms with Gasteiger partial charge >= 0.3 is 0 Å². The van der Waals surface area contributed by atoms with Crippen molar-refractivity contribution in [3.63, 3.8) is 0 Å². The van der Waals surface area contributed by atoms with E-state index >= 15 is 0 Å². The summed E-state index contributed by atoms with van der Waals surface area (Å²) in [5, 5.41) is 3.83. The molecule has 0 bridgehead atoms. The van der Waals surface area contributed by atoms with Crippen molar-refractivity contribution in [1.29, 1.82) is 0 Å². The molecule has 0 aliphatic rings. The molecule has 0 aliphatic heterocycles. The molecule has 9 heavy (non-hydrogen) atoms. The largest absolute Gasteiger partial charge is 0.430 e. The van der Waals surface area contributed by atoms with Crippen molar-refractivity contribution < 1.29 is 4.80 Å². The van der Waals surface area contributed by atoms with E-state index in [0.717, 1.165) is 0 Å². The first-order valence-electron chi connectivity index (χ1n) is 2.63. The number of hydrogen-bond acceptors (Lipinski definition) is 3. The highest BCUT2D eigenvalue weighted by atomic mass is 28.3. The highest BCUT2D eigenvalue weighted by molar-refractivity contribution is 6.47. The molecule has 0 aromatic carbocycles. The van der Waals surface area contributed by atoms with Crippen molar-refractivity contribution in [2.24, 2.45) is 0 Å². The van der Waals surface area contributed by atoms with Crippen molar-refractivity contribution in [3.05, 3.63) is 12.7 Å². The Morgan fingerprint density at radius 2 is 2.56 bits per heavy atom. The standard InChI is InChI=1S/C4H8N3OSi/c1-9(8)4-7-3-5-2-6-7/h2-3,8H,4H2,1H3. The van der Waals surface area contributed by atoms with Crippen molar-refractivity contribution in [2.75, 3.05) is 0 Å². The molecular formula is C4H8N3OSi. The molecule has 5 heteroatoms. The summed E-state index contributed by atoms with van der Waals surface area (Å²) < 4.78 is 1.63. The number of hydrogen-bond donors (Lipinski definition) is 1. The van der Waals surface area contributed by atoms with Gasteiger partial charge in [-0.1, -0.05) is 0 Å². The van der Waals surface area contributed by atoms with Crippen LogP contribution in [0.5, 0.6) is 0 Å².